The van der Waals surface area contributed by atoms with Crippen molar-refractivity contribution in [1.29, 1.82) is 0 Å². The molecule has 221 valence electrons. The molecule has 0 heterocycles. The van der Waals surface area contributed by atoms with E-state index in [4.69, 9.17) is 11.5 Å². The van der Waals surface area contributed by atoms with Crippen molar-refractivity contribution in [3.63, 3.8) is 0 Å². The zero-order chi connectivity index (χ0) is 28.3. The molecule has 8 heteroatoms. The fraction of sp³-hybridized carbons (Fsp3) is 0.867. The Morgan fingerprint density at radius 1 is 0.684 bits per heavy atom. The zero-order valence-electron chi connectivity index (χ0n) is 24.2. The van der Waals surface area contributed by atoms with Crippen LogP contribution in [0.2, 0.25) is 0 Å². The zero-order valence-corrected chi connectivity index (χ0v) is 24.2. The van der Waals surface area contributed by atoms with Crippen LogP contribution < -0.4 is 22.1 Å². The van der Waals surface area contributed by atoms with Gasteiger partial charge in [-0.1, -0.05) is 103 Å². The molecule has 0 aliphatic carbocycles. The van der Waals surface area contributed by atoms with Crippen LogP contribution in [0.25, 0.3) is 0 Å². The second kappa shape index (κ2) is 26.8. The Hall–Kier alpha value is -1.80. The Bertz CT molecular complexity index is 615. The normalized spacial score (nSPS) is 12.6. The molecule has 0 saturated carbocycles. The molecule has 0 saturated heterocycles. The van der Waals surface area contributed by atoms with Crippen LogP contribution >= 0.6 is 0 Å². The maximum Gasteiger partial charge on any atom is 0.221 e. The van der Waals surface area contributed by atoms with Gasteiger partial charge in [-0.15, -0.1) is 0 Å². The van der Waals surface area contributed by atoms with E-state index < -0.39 is 17.7 Å². The molecule has 1 radical (unpaired) electrons. The monoisotopic (exact) mass is 537 g/mol. The number of nitrogens with two attached hydrogens (primary N) is 2. The molecule has 0 aliphatic rings. The van der Waals surface area contributed by atoms with Crippen LogP contribution in [0.1, 0.15) is 135 Å². The number of nitrogens with one attached hydrogen (secondary N) is 2. The van der Waals surface area contributed by atoms with Crippen molar-refractivity contribution in [2.24, 2.45) is 17.4 Å². The molecule has 0 fully saturated rings. The third-order valence-electron chi connectivity index (χ3n) is 7.01. The second-order valence-corrected chi connectivity index (χ2v) is 10.6. The minimum Gasteiger partial charge on any atom is -0.356 e. The van der Waals surface area contributed by atoms with E-state index in [1.54, 1.807) is 6.29 Å². The number of unbranched alkanes of at least 4 members (excludes halogenated alkanes) is 15. The summed E-state index contributed by atoms with van der Waals surface area (Å²) in [5.41, 5.74) is 11.3. The van der Waals surface area contributed by atoms with Gasteiger partial charge in [-0.05, 0) is 25.8 Å². The molecule has 2 atom stereocenters. The SMILES string of the molecule is CCCCCCCCCCCCCCCCCC(=O)NCCC(=O)NCC([C]=O)C(=O)[C@@H](N)CCCCN. The molecular weight excluding hydrogens is 480 g/mol. The first kappa shape index (κ1) is 36.2. The van der Waals surface area contributed by atoms with Gasteiger partial charge >= 0.3 is 0 Å². The Balaban J connectivity index is 3.64. The van der Waals surface area contributed by atoms with Crippen molar-refractivity contribution >= 4 is 23.9 Å². The molecule has 0 aromatic carbocycles. The highest BCUT2D eigenvalue weighted by Crippen LogP contribution is 2.13. The number of amides is 2. The van der Waals surface area contributed by atoms with E-state index in [1.807, 2.05) is 0 Å². The fourth-order valence-electron chi connectivity index (χ4n) is 4.47. The first-order valence-corrected chi connectivity index (χ1v) is 15.4. The summed E-state index contributed by atoms with van der Waals surface area (Å²) in [4.78, 5) is 47.4. The molecule has 38 heavy (non-hydrogen) atoms. The average Bonchev–Trinajstić information content (AvgIpc) is 2.91. The van der Waals surface area contributed by atoms with E-state index in [2.05, 4.69) is 17.6 Å². The summed E-state index contributed by atoms with van der Waals surface area (Å²) >= 11 is 0. The predicted octanol–water partition coefficient (Wildman–Crippen LogP) is 4.62. The summed E-state index contributed by atoms with van der Waals surface area (Å²) in [5.74, 6) is -1.88. The maximum absolute atomic E-state index is 12.2. The largest absolute Gasteiger partial charge is 0.356 e. The Morgan fingerprint density at radius 3 is 1.68 bits per heavy atom. The van der Waals surface area contributed by atoms with Gasteiger partial charge in [0.2, 0.25) is 18.1 Å². The van der Waals surface area contributed by atoms with Gasteiger partial charge in [0.25, 0.3) is 0 Å². The van der Waals surface area contributed by atoms with Gasteiger partial charge in [-0.3, -0.25) is 19.2 Å². The smallest absolute Gasteiger partial charge is 0.221 e. The number of Topliss-reactive ketones (excluding diaryl/α,β-unsaturated/α-hetero) is 1. The van der Waals surface area contributed by atoms with Crippen molar-refractivity contribution in [3.05, 3.63) is 0 Å². The number of hydrogen-bond donors (Lipinski definition) is 4. The third-order valence-corrected chi connectivity index (χ3v) is 7.01. The van der Waals surface area contributed by atoms with E-state index in [9.17, 15) is 19.2 Å². The number of carbonyl (C=O) groups is 3. The van der Waals surface area contributed by atoms with Gasteiger partial charge in [0, 0.05) is 25.9 Å². The minimum absolute atomic E-state index is 0.0507. The molecule has 6 N–H and O–H groups in total. The molecular formula is C30H57N4O4. The molecule has 0 aromatic heterocycles. The number of hydrogen-bond acceptors (Lipinski definition) is 6. The summed E-state index contributed by atoms with van der Waals surface area (Å²) < 4.78 is 0. The van der Waals surface area contributed by atoms with Crippen molar-refractivity contribution in [1.82, 2.24) is 10.6 Å². The minimum atomic E-state index is -1.08. The first-order valence-electron chi connectivity index (χ1n) is 15.4. The van der Waals surface area contributed by atoms with E-state index in [-0.39, 0.29) is 31.3 Å². The topological polar surface area (TPSA) is 144 Å². The van der Waals surface area contributed by atoms with E-state index in [0.29, 0.717) is 25.8 Å². The maximum atomic E-state index is 12.2. The van der Waals surface area contributed by atoms with Crippen LogP contribution in [-0.2, 0) is 19.2 Å². The number of rotatable bonds is 28. The van der Waals surface area contributed by atoms with Crippen molar-refractivity contribution in [2.45, 2.75) is 141 Å². The number of carbonyl (C=O) groups excluding carboxylic acids is 4. The molecule has 1 unspecified atom stereocenters. The quantitative estimate of drug-likeness (QED) is 0.0846. The van der Waals surface area contributed by atoms with Crippen LogP contribution in [0, 0.1) is 5.92 Å². The summed E-state index contributed by atoms with van der Waals surface area (Å²) in [5, 5.41) is 5.32. The summed E-state index contributed by atoms with van der Waals surface area (Å²) in [7, 11) is 0. The van der Waals surface area contributed by atoms with Crippen LogP contribution in [-0.4, -0.2) is 49.6 Å². The average molecular weight is 538 g/mol. The molecule has 0 aromatic rings. The van der Waals surface area contributed by atoms with Crippen LogP contribution in [0.15, 0.2) is 0 Å². The Labute approximate surface area is 232 Å². The van der Waals surface area contributed by atoms with Gasteiger partial charge in [0.1, 0.15) is 5.92 Å². The van der Waals surface area contributed by atoms with Crippen molar-refractivity contribution in [2.75, 3.05) is 19.6 Å². The molecule has 0 rings (SSSR count). The molecule has 0 aliphatic heterocycles. The second-order valence-electron chi connectivity index (χ2n) is 10.6. The Morgan fingerprint density at radius 2 is 1.18 bits per heavy atom. The highest BCUT2D eigenvalue weighted by Gasteiger charge is 2.24. The highest BCUT2D eigenvalue weighted by atomic mass is 16.2. The van der Waals surface area contributed by atoms with Crippen LogP contribution in [0.5, 0.6) is 0 Å². The van der Waals surface area contributed by atoms with Gasteiger partial charge in [0.05, 0.1) is 6.04 Å². The first-order chi connectivity index (χ1) is 18.5. The van der Waals surface area contributed by atoms with Gasteiger partial charge in [0.15, 0.2) is 5.78 Å². The lowest BCUT2D eigenvalue weighted by atomic mass is 9.96. The standard InChI is InChI=1S/C30H57N4O4/c1-2-3-4-5-6-7-8-9-10-11-12-13-14-15-16-20-28(36)33-23-21-29(37)34-24-26(25-35)30(38)27(32)19-17-18-22-31/h26-27H,2-24,31-32H2,1H3,(H,33,36)(H,34,37)/t26?,27-/m0/s1. The lowest BCUT2D eigenvalue weighted by molar-refractivity contribution is -0.123. The van der Waals surface area contributed by atoms with Crippen molar-refractivity contribution < 1.29 is 19.2 Å². The summed E-state index contributed by atoms with van der Waals surface area (Å²) in [6, 6.07) is -0.760. The van der Waals surface area contributed by atoms with Gasteiger partial charge in [-0.25, -0.2) is 0 Å². The molecule has 8 nitrogen and oxygen atoms in total. The molecule has 0 spiro atoms. The fourth-order valence-corrected chi connectivity index (χ4v) is 4.47. The predicted molar refractivity (Wildman–Crippen MR) is 155 cm³/mol. The summed E-state index contributed by atoms with van der Waals surface area (Å²) in [6.45, 7) is 2.88. The lowest BCUT2D eigenvalue weighted by Crippen LogP contribution is -2.42. The van der Waals surface area contributed by atoms with Crippen LogP contribution in [0.4, 0.5) is 0 Å². The molecule has 2 amide bonds. The molecule has 0 bridgehead atoms. The number of ketones is 1. The van der Waals surface area contributed by atoms with E-state index >= 15 is 0 Å². The summed E-state index contributed by atoms with van der Waals surface area (Å²) in [6.07, 6.45) is 23.5. The van der Waals surface area contributed by atoms with E-state index in [0.717, 1.165) is 25.7 Å². The van der Waals surface area contributed by atoms with Gasteiger partial charge in [-0.2, -0.15) is 0 Å². The van der Waals surface area contributed by atoms with Crippen LogP contribution in [0.3, 0.4) is 0 Å². The van der Waals surface area contributed by atoms with E-state index in [1.165, 1.54) is 77.0 Å². The third kappa shape index (κ3) is 22.2. The van der Waals surface area contributed by atoms with Crippen molar-refractivity contribution in [3.8, 4) is 0 Å². The van der Waals surface area contributed by atoms with Gasteiger partial charge < -0.3 is 22.1 Å². The lowest BCUT2D eigenvalue weighted by Gasteiger charge is -2.15. The Kier molecular flexibility index (Phi) is 25.5. The highest BCUT2D eigenvalue weighted by molar-refractivity contribution is 5.97.